The zero-order valence-corrected chi connectivity index (χ0v) is 13.6. The Morgan fingerprint density at radius 2 is 1.80 bits per heavy atom. The first-order valence-corrected chi connectivity index (χ1v) is 7.40. The van der Waals surface area contributed by atoms with Crippen molar-refractivity contribution in [3.63, 3.8) is 0 Å². The molecule has 0 radical (unpaired) electrons. The third-order valence-corrected chi connectivity index (χ3v) is 3.25. The molecule has 0 saturated carbocycles. The van der Waals surface area contributed by atoms with Gasteiger partial charge in [-0.15, -0.1) is 0 Å². The molecule has 0 aliphatic carbocycles. The van der Waals surface area contributed by atoms with E-state index in [-0.39, 0.29) is 13.0 Å². The lowest BCUT2D eigenvalue weighted by Gasteiger charge is -2.27. The Morgan fingerprint density at radius 3 is 2.28 bits per heavy atom. The van der Waals surface area contributed by atoms with E-state index in [0.717, 1.165) is 6.07 Å². The maximum absolute atomic E-state index is 14.1. The number of carboxylic acids is 1. The molecule has 9 heteroatoms. The molecule has 0 unspecified atom stereocenters. The second-order valence-electron chi connectivity index (χ2n) is 4.74. The zero-order valence-electron chi connectivity index (χ0n) is 13.6. The Hall–Kier alpha value is -2.58. The molecule has 1 aromatic rings. The Bertz CT molecular complexity index is 691. The van der Waals surface area contributed by atoms with Gasteiger partial charge >= 0.3 is 11.9 Å². The van der Waals surface area contributed by atoms with E-state index < -0.39 is 59.6 Å². The monoisotopic (exact) mass is 363 g/mol. The standard InChI is InChI=1S/C16H17F4NO4/c1-3-9(15(22)23)14(16(24)25-4-2)21(8-7-17)11-6-5-10(18)12(19)13(11)20/h5-6H,3-4,7-8H2,1-2H3,(H,22,23). The van der Waals surface area contributed by atoms with Crippen molar-refractivity contribution in [2.45, 2.75) is 20.3 Å². The second kappa shape index (κ2) is 9.05. The Labute approximate surface area is 141 Å². The van der Waals surface area contributed by atoms with Crippen molar-refractivity contribution in [2.24, 2.45) is 0 Å². The SMILES string of the molecule is CCOC(=O)C(=C(CC)C(=O)O)N(CCF)c1ccc(F)c(F)c1F. The van der Waals surface area contributed by atoms with Crippen LogP contribution < -0.4 is 4.90 Å². The Balaban J connectivity index is 3.67. The summed E-state index contributed by atoms with van der Waals surface area (Å²) in [4.78, 5) is 24.3. The summed E-state index contributed by atoms with van der Waals surface area (Å²) in [5.41, 5.74) is -1.79. The van der Waals surface area contributed by atoms with Crippen LogP contribution in [0.1, 0.15) is 20.3 Å². The zero-order chi connectivity index (χ0) is 19.1. The average Bonchev–Trinajstić information content (AvgIpc) is 2.56. The molecule has 0 atom stereocenters. The summed E-state index contributed by atoms with van der Waals surface area (Å²) in [6, 6.07) is 1.38. The number of nitrogens with zero attached hydrogens (tertiary/aromatic N) is 1. The van der Waals surface area contributed by atoms with E-state index in [0.29, 0.717) is 11.0 Å². The van der Waals surface area contributed by atoms with E-state index in [2.05, 4.69) is 0 Å². The Kier molecular flexibility index (Phi) is 7.41. The first kappa shape index (κ1) is 20.5. The number of carboxylic acid groups (broad SMARTS) is 1. The van der Waals surface area contributed by atoms with Gasteiger partial charge in [-0.05, 0) is 25.5 Å². The van der Waals surface area contributed by atoms with Crippen molar-refractivity contribution in [2.75, 3.05) is 24.7 Å². The van der Waals surface area contributed by atoms with Crippen LogP contribution in [0.25, 0.3) is 0 Å². The third kappa shape index (κ3) is 4.49. The van der Waals surface area contributed by atoms with Gasteiger partial charge in [-0.1, -0.05) is 6.92 Å². The summed E-state index contributed by atoms with van der Waals surface area (Å²) in [6.07, 6.45) is -0.169. The summed E-state index contributed by atoms with van der Waals surface area (Å²) < 4.78 is 58.5. The number of rotatable bonds is 8. The highest BCUT2D eigenvalue weighted by Crippen LogP contribution is 2.29. The number of aliphatic carboxylic acids is 1. The number of esters is 1. The van der Waals surface area contributed by atoms with Crippen LogP contribution in [-0.4, -0.2) is 36.9 Å². The number of carbonyl (C=O) groups excluding carboxylic acids is 1. The minimum Gasteiger partial charge on any atom is -0.478 e. The van der Waals surface area contributed by atoms with E-state index in [9.17, 15) is 32.3 Å². The second-order valence-corrected chi connectivity index (χ2v) is 4.74. The molecule has 0 heterocycles. The smallest absolute Gasteiger partial charge is 0.355 e. The molecule has 0 aliphatic rings. The van der Waals surface area contributed by atoms with E-state index in [1.165, 1.54) is 13.8 Å². The number of benzene rings is 1. The van der Waals surface area contributed by atoms with Crippen LogP contribution in [0, 0.1) is 17.5 Å². The van der Waals surface area contributed by atoms with E-state index in [1.807, 2.05) is 0 Å². The minimum atomic E-state index is -1.82. The lowest BCUT2D eigenvalue weighted by molar-refractivity contribution is -0.140. The van der Waals surface area contributed by atoms with Gasteiger partial charge in [-0.2, -0.15) is 0 Å². The largest absolute Gasteiger partial charge is 0.478 e. The number of ether oxygens (including phenoxy) is 1. The van der Waals surface area contributed by atoms with Gasteiger partial charge in [0.2, 0.25) is 0 Å². The molecular formula is C16H17F4NO4. The van der Waals surface area contributed by atoms with Gasteiger partial charge in [0.25, 0.3) is 0 Å². The van der Waals surface area contributed by atoms with E-state index in [1.54, 1.807) is 0 Å². The van der Waals surface area contributed by atoms with Crippen LogP contribution in [0.4, 0.5) is 23.2 Å². The van der Waals surface area contributed by atoms with Crippen LogP contribution in [-0.2, 0) is 14.3 Å². The molecule has 1 N–H and O–H groups in total. The fourth-order valence-electron chi connectivity index (χ4n) is 2.18. The maximum atomic E-state index is 14.1. The predicted octanol–water partition coefficient (Wildman–Crippen LogP) is 3.19. The van der Waals surface area contributed by atoms with Gasteiger partial charge in [-0.3, -0.25) is 0 Å². The summed E-state index contributed by atoms with van der Waals surface area (Å²) in [7, 11) is 0. The summed E-state index contributed by atoms with van der Waals surface area (Å²) in [5.74, 6) is -7.61. The number of anilines is 1. The van der Waals surface area contributed by atoms with Crippen molar-refractivity contribution in [3.8, 4) is 0 Å². The highest BCUT2D eigenvalue weighted by Gasteiger charge is 2.30. The number of halogens is 4. The molecule has 0 aromatic heterocycles. The molecule has 0 fully saturated rings. The predicted molar refractivity (Wildman–Crippen MR) is 81.2 cm³/mol. The molecule has 5 nitrogen and oxygen atoms in total. The van der Waals surface area contributed by atoms with Crippen molar-refractivity contribution >= 4 is 17.6 Å². The quantitative estimate of drug-likeness (QED) is 0.333. The fraction of sp³-hybridized carbons (Fsp3) is 0.375. The molecule has 0 spiro atoms. The van der Waals surface area contributed by atoms with E-state index in [4.69, 9.17) is 4.74 Å². The van der Waals surface area contributed by atoms with Gasteiger partial charge in [-0.25, -0.2) is 27.2 Å². The molecule has 0 bridgehead atoms. The average molecular weight is 363 g/mol. The number of hydrogen-bond donors (Lipinski definition) is 1. The van der Waals surface area contributed by atoms with Crippen molar-refractivity contribution < 1.29 is 37.0 Å². The fourth-order valence-corrected chi connectivity index (χ4v) is 2.18. The maximum Gasteiger partial charge on any atom is 0.355 e. The summed E-state index contributed by atoms with van der Waals surface area (Å²) >= 11 is 0. The van der Waals surface area contributed by atoms with Crippen LogP contribution in [0.5, 0.6) is 0 Å². The molecule has 1 rings (SSSR count). The molecule has 25 heavy (non-hydrogen) atoms. The van der Waals surface area contributed by atoms with Crippen molar-refractivity contribution in [1.29, 1.82) is 0 Å². The molecule has 0 saturated heterocycles. The molecular weight excluding hydrogens is 346 g/mol. The highest BCUT2D eigenvalue weighted by atomic mass is 19.2. The van der Waals surface area contributed by atoms with Gasteiger partial charge in [0.1, 0.15) is 12.4 Å². The van der Waals surface area contributed by atoms with Crippen LogP contribution in [0.2, 0.25) is 0 Å². The van der Waals surface area contributed by atoms with Crippen LogP contribution >= 0.6 is 0 Å². The summed E-state index contributed by atoms with van der Waals surface area (Å²) in [5, 5.41) is 9.28. The molecule has 1 aromatic carbocycles. The highest BCUT2D eigenvalue weighted by molar-refractivity contribution is 6.02. The van der Waals surface area contributed by atoms with Gasteiger partial charge < -0.3 is 14.7 Å². The van der Waals surface area contributed by atoms with Gasteiger partial charge in [0, 0.05) is 0 Å². The minimum absolute atomic E-state index is 0.122. The number of hydrogen-bond acceptors (Lipinski definition) is 4. The third-order valence-electron chi connectivity index (χ3n) is 3.25. The Morgan fingerprint density at radius 1 is 1.16 bits per heavy atom. The van der Waals surface area contributed by atoms with E-state index >= 15 is 0 Å². The lowest BCUT2D eigenvalue weighted by atomic mass is 10.1. The topological polar surface area (TPSA) is 66.8 Å². The summed E-state index contributed by atoms with van der Waals surface area (Å²) in [6.45, 7) is 0.977. The van der Waals surface area contributed by atoms with Crippen molar-refractivity contribution in [1.82, 2.24) is 0 Å². The molecule has 0 aliphatic heterocycles. The lowest BCUT2D eigenvalue weighted by Crippen LogP contribution is -2.34. The number of carbonyl (C=O) groups is 2. The van der Waals surface area contributed by atoms with Crippen LogP contribution in [0.3, 0.4) is 0 Å². The first-order valence-electron chi connectivity index (χ1n) is 7.40. The molecule has 0 amide bonds. The van der Waals surface area contributed by atoms with Crippen molar-refractivity contribution in [3.05, 3.63) is 40.9 Å². The number of alkyl halides is 1. The normalized spacial score (nSPS) is 11.8. The van der Waals surface area contributed by atoms with Gasteiger partial charge in [0.05, 0.1) is 24.4 Å². The molecule has 138 valence electrons. The first-order chi connectivity index (χ1) is 11.8. The van der Waals surface area contributed by atoms with Gasteiger partial charge in [0.15, 0.2) is 17.5 Å². The van der Waals surface area contributed by atoms with Crippen LogP contribution in [0.15, 0.2) is 23.4 Å².